The van der Waals surface area contributed by atoms with Crippen molar-refractivity contribution in [3.8, 4) is 0 Å². The molecule has 1 aliphatic carbocycles. The van der Waals surface area contributed by atoms with E-state index in [2.05, 4.69) is 15.0 Å². The zero-order valence-electron chi connectivity index (χ0n) is 12.1. The minimum Gasteiger partial charge on any atom is -0.369 e. The molecule has 0 unspecified atom stereocenters. The molecule has 8 heteroatoms. The van der Waals surface area contributed by atoms with Gasteiger partial charge in [0.15, 0.2) is 0 Å². The maximum atomic E-state index is 12.3. The van der Waals surface area contributed by atoms with Crippen molar-refractivity contribution in [2.75, 3.05) is 24.7 Å². The molecular formula is C13H20ClN3O2S2. The summed E-state index contributed by atoms with van der Waals surface area (Å²) in [7, 11) is -3.56. The fraction of sp³-hybridized carbons (Fsp3) is 0.615. The van der Waals surface area contributed by atoms with E-state index in [9.17, 15) is 8.42 Å². The van der Waals surface area contributed by atoms with Crippen LogP contribution in [-0.2, 0) is 10.0 Å². The summed E-state index contributed by atoms with van der Waals surface area (Å²) in [4.78, 5) is 4.20. The topological polar surface area (TPSA) is 71.1 Å². The highest BCUT2D eigenvalue weighted by molar-refractivity contribution is 8.00. The number of rotatable bonds is 8. The molecule has 118 valence electrons. The van der Waals surface area contributed by atoms with Crippen LogP contribution < -0.4 is 10.0 Å². The van der Waals surface area contributed by atoms with Gasteiger partial charge in [0, 0.05) is 24.0 Å². The molecule has 0 radical (unpaired) electrons. The second-order valence-corrected chi connectivity index (χ2v) is 8.59. The Balaban J connectivity index is 2.07. The van der Waals surface area contributed by atoms with Crippen LogP contribution in [0.25, 0.3) is 0 Å². The van der Waals surface area contributed by atoms with Crippen molar-refractivity contribution >= 4 is 39.2 Å². The predicted octanol–water partition coefficient (Wildman–Crippen LogP) is 2.73. The van der Waals surface area contributed by atoms with Crippen molar-refractivity contribution in [2.24, 2.45) is 0 Å². The standard InChI is InChI=1S/C13H20ClN3O2S2/c1-3-6-15-12-11(14)7-10(8-16-12)21(18,19)17-9-13(20-2)4-5-13/h7-8,17H,3-6,9H2,1-2H3,(H,15,16). The lowest BCUT2D eigenvalue weighted by atomic mass is 10.4. The third-order valence-corrected chi connectivity index (χ3v) is 6.57. The van der Waals surface area contributed by atoms with Gasteiger partial charge in [-0.25, -0.2) is 18.1 Å². The number of anilines is 1. The summed E-state index contributed by atoms with van der Waals surface area (Å²) in [5.74, 6) is 0.514. The number of aromatic nitrogens is 1. The molecule has 1 aromatic heterocycles. The van der Waals surface area contributed by atoms with Crippen LogP contribution in [0.3, 0.4) is 0 Å². The van der Waals surface area contributed by atoms with Crippen LogP contribution in [0, 0.1) is 0 Å². The second kappa shape index (κ2) is 6.73. The molecule has 2 rings (SSSR count). The van der Waals surface area contributed by atoms with Gasteiger partial charge in [0.25, 0.3) is 0 Å². The highest BCUT2D eigenvalue weighted by Gasteiger charge is 2.42. The average molecular weight is 350 g/mol. The molecule has 0 atom stereocenters. The summed E-state index contributed by atoms with van der Waals surface area (Å²) in [6.07, 6.45) is 6.39. The van der Waals surface area contributed by atoms with Crippen LogP contribution in [0.15, 0.2) is 17.2 Å². The summed E-state index contributed by atoms with van der Waals surface area (Å²) in [5, 5.41) is 3.37. The summed E-state index contributed by atoms with van der Waals surface area (Å²) >= 11 is 7.79. The van der Waals surface area contributed by atoms with Crippen LogP contribution in [0.2, 0.25) is 5.02 Å². The number of hydrogen-bond donors (Lipinski definition) is 2. The predicted molar refractivity (Wildman–Crippen MR) is 88.7 cm³/mol. The quantitative estimate of drug-likeness (QED) is 0.755. The van der Waals surface area contributed by atoms with Gasteiger partial charge in [0.2, 0.25) is 10.0 Å². The van der Waals surface area contributed by atoms with Gasteiger partial charge >= 0.3 is 0 Å². The molecule has 0 saturated heterocycles. The smallest absolute Gasteiger partial charge is 0.242 e. The molecular weight excluding hydrogens is 330 g/mol. The van der Waals surface area contributed by atoms with E-state index in [4.69, 9.17) is 11.6 Å². The Morgan fingerprint density at radius 3 is 2.71 bits per heavy atom. The molecule has 5 nitrogen and oxygen atoms in total. The minimum absolute atomic E-state index is 0.0763. The molecule has 0 aliphatic heterocycles. The third-order valence-electron chi connectivity index (χ3n) is 3.49. The highest BCUT2D eigenvalue weighted by Crippen LogP contribution is 2.46. The molecule has 0 aromatic carbocycles. The zero-order valence-corrected chi connectivity index (χ0v) is 14.5. The molecule has 0 amide bonds. The monoisotopic (exact) mass is 349 g/mol. The van der Waals surface area contributed by atoms with Crippen molar-refractivity contribution in [1.82, 2.24) is 9.71 Å². The number of thioether (sulfide) groups is 1. The Kier molecular flexibility index (Phi) is 5.40. The van der Waals surface area contributed by atoms with Crippen LogP contribution >= 0.6 is 23.4 Å². The number of sulfonamides is 1. The number of pyridine rings is 1. The van der Waals surface area contributed by atoms with E-state index < -0.39 is 10.0 Å². The van der Waals surface area contributed by atoms with E-state index in [0.29, 0.717) is 17.4 Å². The maximum Gasteiger partial charge on any atom is 0.242 e. The van der Waals surface area contributed by atoms with E-state index in [0.717, 1.165) is 25.8 Å². The fourth-order valence-corrected chi connectivity index (χ4v) is 4.06. The summed E-state index contributed by atoms with van der Waals surface area (Å²) in [5.41, 5.74) is 0. The number of nitrogens with zero attached hydrogens (tertiary/aromatic N) is 1. The zero-order chi connectivity index (χ0) is 15.5. The molecule has 1 aliphatic rings. The SMILES string of the molecule is CCCNc1ncc(S(=O)(=O)NCC2(SC)CC2)cc1Cl. The first-order chi connectivity index (χ1) is 9.92. The molecule has 1 saturated carbocycles. The first-order valence-electron chi connectivity index (χ1n) is 6.87. The lowest BCUT2D eigenvalue weighted by Crippen LogP contribution is -2.31. The van der Waals surface area contributed by atoms with Gasteiger partial charge in [-0.3, -0.25) is 0 Å². The largest absolute Gasteiger partial charge is 0.369 e. The Hall–Kier alpha value is -0.500. The van der Waals surface area contributed by atoms with Gasteiger partial charge in [-0.1, -0.05) is 18.5 Å². The molecule has 21 heavy (non-hydrogen) atoms. The van der Waals surface area contributed by atoms with Gasteiger partial charge in [-0.05, 0) is 31.6 Å². The van der Waals surface area contributed by atoms with Gasteiger partial charge in [0.05, 0.1) is 5.02 Å². The van der Waals surface area contributed by atoms with Gasteiger partial charge in [0.1, 0.15) is 10.7 Å². The fourth-order valence-electron chi connectivity index (χ4n) is 1.84. The molecule has 2 N–H and O–H groups in total. The first-order valence-corrected chi connectivity index (χ1v) is 9.95. The lowest BCUT2D eigenvalue weighted by molar-refractivity contribution is 0.579. The van der Waals surface area contributed by atoms with Gasteiger partial charge < -0.3 is 5.32 Å². The molecule has 1 fully saturated rings. The van der Waals surface area contributed by atoms with Crippen LogP contribution in [-0.4, -0.2) is 37.5 Å². The Labute approximate surface area is 135 Å². The van der Waals surface area contributed by atoms with Crippen molar-refractivity contribution < 1.29 is 8.42 Å². The average Bonchev–Trinajstić information content (AvgIpc) is 3.25. The van der Waals surface area contributed by atoms with Crippen molar-refractivity contribution in [3.05, 3.63) is 17.3 Å². The molecule has 0 spiro atoms. The van der Waals surface area contributed by atoms with Crippen LogP contribution in [0.4, 0.5) is 5.82 Å². The van der Waals surface area contributed by atoms with Gasteiger partial charge in [-0.15, -0.1) is 0 Å². The van der Waals surface area contributed by atoms with E-state index >= 15 is 0 Å². The summed E-state index contributed by atoms with van der Waals surface area (Å²) < 4.78 is 27.2. The third kappa shape index (κ3) is 4.25. The molecule has 1 heterocycles. The van der Waals surface area contributed by atoms with E-state index in [1.807, 2.05) is 13.2 Å². The number of halogens is 1. The van der Waals surface area contributed by atoms with E-state index in [-0.39, 0.29) is 9.64 Å². The number of hydrogen-bond acceptors (Lipinski definition) is 5. The van der Waals surface area contributed by atoms with Crippen molar-refractivity contribution in [2.45, 2.75) is 35.8 Å². The maximum absolute atomic E-state index is 12.3. The normalized spacial score (nSPS) is 16.7. The highest BCUT2D eigenvalue weighted by atomic mass is 35.5. The van der Waals surface area contributed by atoms with E-state index in [1.165, 1.54) is 12.3 Å². The summed E-state index contributed by atoms with van der Waals surface area (Å²) in [6.45, 7) is 3.22. The first kappa shape index (κ1) is 16.9. The van der Waals surface area contributed by atoms with Crippen molar-refractivity contribution in [3.63, 3.8) is 0 Å². The summed E-state index contributed by atoms with van der Waals surface area (Å²) in [6, 6.07) is 1.44. The van der Waals surface area contributed by atoms with Gasteiger partial charge in [-0.2, -0.15) is 11.8 Å². The number of nitrogens with one attached hydrogen (secondary N) is 2. The lowest BCUT2D eigenvalue weighted by Gasteiger charge is -2.14. The Morgan fingerprint density at radius 1 is 1.48 bits per heavy atom. The molecule has 1 aromatic rings. The molecule has 0 bridgehead atoms. The van der Waals surface area contributed by atoms with E-state index in [1.54, 1.807) is 11.8 Å². The Morgan fingerprint density at radius 2 is 2.19 bits per heavy atom. The van der Waals surface area contributed by atoms with Crippen LogP contribution in [0.5, 0.6) is 0 Å². The Bertz CT molecular complexity index is 603. The minimum atomic E-state index is -3.56. The van der Waals surface area contributed by atoms with Crippen LogP contribution in [0.1, 0.15) is 26.2 Å². The van der Waals surface area contributed by atoms with Crippen molar-refractivity contribution in [1.29, 1.82) is 0 Å². The second-order valence-electron chi connectivity index (χ2n) is 5.14.